The van der Waals surface area contributed by atoms with Crippen molar-refractivity contribution in [1.29, 1.82) is 5.26 Å². The molecule has 2 fully saturated rings. The molecule has 0 aromatic carbocycles. The molecule has 1 unspecified atom stereocenters. The third-order valence-electron chi connectivity index (χ3n) is 4.73. The number of morpholine rings is 1. The largest absolute Gasteiger partial charge is 0.378 e. The lowest BCUT2D eigenvalue weighted by atomic mass is 10.0. The fraction of sp³-hybridized carbons (Fsp3) is 0.588. The first-order valence-electron chi connectivity index (χ1n) is 8.39. The smallest absolute Gasteiger partial charge is 0.320 e. The zero-order valence-corrected chi connectivity index (χ0v) is 14.0. The summed E-state index contributed by atoms with van der Waals surface area (Å²) in [5, 5.41) is 8.88. The zero-order valence-electron chi connectivity index (χ0n) is 14.0. The van der Waals surface area contributed by atoms with Gasteiger partial charge in [-0.3, -0.25) is 0 Å². The number of amides is 2. The van der Waals surface area contributed by atoms with E-state index in [0.717, 1.165) is 31.7 Å². The second-order valence-electron chi connectivity index (χ2n) is 6.25. The molecular weight excluding hydrogens is 306 g/mol. The van der Waals surface area contributed by atoms with Crippen molar-refractivity contribution in [2.75, 3.05) is 51.3 Å². The predicted octanol–water partition coefficient (Wildman–Crippen LogP) is 1.31. The van der Waals surface area contributed by atoms with E-state index < -0.39 is 0 Å². The van der Waals surface area contributed by atoms with Crippen LogP contribution in [0, 0.1) is 11.3 Å². The second-order valence-corrected chi connectivity index (χ2v) is 6.25. The van der Waals surface area contributed by atoms with Crippen LogP contribution in [0.4, 0.5) is 10.6 Å². The molecule has 3 rings (SSSR count). The van der Waals surface area contributed by atoms with Crippen LogP contribution >= 0.6 is 0 Å². The zero-order chi connectivity index (χ0) is 16.9. The van der Waals surface area contributed by atoms with Gasteiger partial charge < -0.3 is 19.4 Å². The number of pyridine rings is 1. The fourth-order valence-corrected chi connectivity index (χ4v) is 3.25. The van der Waals surface area contributed by atoms with E-state index in [1.807, 2.05) is 22.9 Å². The van der Waals surface area contributed by atoms with E-state index in [1.165, 1.54) is 0 Å². The number of carbonyl (C=O) groups excluding carboxylic acids is 1. The molecule has 0 bridgehead atoms. The van der Waals surface area contributed by atoms with Crippen molar-refractivity contribution in [3.05, 3.63) is 23.9 Å². The minimum atomic E-state index is 0.0814. The van der Waals surface area contributed by atoms with Gasteiger partial charge in [-0.2, -0.15) is 5.26 Å². The Morgan fingerprint density at radius 3 is 2.83 bits per heavy atom. The van der Waals surface area contributed by atoms with Gasteiger partial charge in [-0.05, 0) is 25.0 Å². The summed E-state index contributed by atoms with van der Waals surface area (Å²) in [5.74, 6) is 0.867. The van der Waals surface area contributed by atoms with Gasteiger partial charge in [0.25, 0.3) is 0 Å². The lowest BCUT2D eigenvalue weighted by molar-refractivity contribution is 0.0414. The average Bonchev–Trinajstić information content (AvgIpc) is 2.67. The monoisotopic (exact) mass is 329 g/mol. The molecule has 7 nitrogen and oxygen atoms in total. The van der Waals surface area contributed by atoms with Crippen molar-refractivity contribution in [3.8, 4) is 6.07 Å². The van der Waals surface area contributed by atoms with Crippen LogP contribution in [0.1, 0.15) is 18.4 Å². The van der Waals surface area contributed by atoms with E-state index >= 15 is 0 Å². The van der Waals surface area contributed by atoms with Crippen LogP contribution in [0.3, 0.4) is 0 Å². The number of nitriles is 1. The maximum Gasteiger partial charge on any atom is 0.320 e. The predicted molar refractivity (Wildman–Crippen MR) is 89.7 cm³/mol. The first kappa shape index (κ1) is 16.5. The van der Waals surface area contributed by atoms with Crippen molar-refractivity contribution in [2.24, 2.45) is 0 Å². The van der Waals surface area contributed by atoms with Crippen LogP contribution < -0.4 is 4.90 Å². The molecule has 0 aliphatic carbocycles. The van der Waals surface area contributed by atoms with Gasteiger partial charge in [-0.15, -0.1) is 0 Å². The number of anilines is 1. The molecule has 7 heteroatoms. The van der Waals surface area contributed by atoms with Crippen LogP contribution in [0.2, 0.25) is 0 Å². The van der Waals surface area contributed by atoms with Crippen molar-refractivity contribution in [2.45, 2.75) is 18.9 Å². The number of hydrogen-bond donors (Lipinski definition) is 0. The van der Waals surface area contributed by atoms with Gasteiger partial charge >= 0.3 is 6.03 Å². The minimum Gasteiger partial charge on any atom is -0.378 e. The highest BCUT2D eigenvalue weighted by molar-refractivity contribution is 5.74. The molecule has 1 aromatic rings. The average molecular weight is 329 g/mol. The maximum atomic E-state index is 12.7. The Morgan fingerprint density at radius 2 is 2.17 bits per heavy atom. The Kier molecular flexibility index (Phi) is 5.16. The van der Waals surface area contributed by atoms with E-state index in [9.17, 15) is 4.79 Å². The van der Waals surface area contributed by atoms with Gasteiger partial charge in [0.1, 0.15) is 11.9 Å². The Morgan fingerprint density at radius 1 is 1.38 bits per heavy atom. The number of carbonyl (C=O) groups is 1. The number of aromatic nitrogens is 1. The number of rotatable bonds is 2. The quantitative estimate of drug-likeness (QED) is 0.818. The van der Waals surface area contributed by atoms with Crippen LogP contribution in [-0.4, -0.2) is 73.3 Å². The molecule has 3 heterocycles. The maximum absolute atomic E-state index is 12.7. The summed E-state index contributed by atoms with van der Waals surface area (Å²) in [7, 11) is 1.89. The normalized spacial score (nSPS) is 21.2. The summed E-state index contributed by atoms with van der Waals surface area (Å²) in [6.45, 7) is 4.26. The molecule has 2 aliphatic heterocycles. The van der Waals surface area contributed by atoms with Gasteiger partial charge in [0, 0.05) is 39.4 Å². The molecule has 0 saturated carbocycles. The van der Waals surface area contributed by atoms with Crippen LogP contribution in [0.15, 0.2) is 18.3 Å². The summed E-state index contributed by atoms with van der Waals surface area (Å²) in [6.07, 6.45) is 3.62. The summed E-state index contributed by atoms with van der Waals surface area (Å²) in [5.41, 5.74) is 0.562. The van der Waals surface area contributed by atoms with Gasteiger partial charge in [-0.25, -0.2) is 9.78 Å². The third kappa shape index (κ3) is 3.60. The lowest BCUT2D eigenvalue weighted by Gasteiger charge is -2.40. The Labute approximate surface area is 142 Å². The molecule has 24 heavy (non-hydrogen) atoms. The highest BCUT2D eigenvalue weighted by atomic mass is 16.5. The summed E-state index contributed by atoms with van der Waals surface area (Å²) in [4.78, 5) is 22.9. The van der Waals surface area contributed by atoms with Crippen LogP contribution in [0.5, 0.6) is 0 Å². The highest BCUT2D eigenvalue weighted by Crippen LogP contribution is 2.21. The van der Waals surface area contributed by atoms with E-state index in [2.05, 4.69) is 16.0 Å². The lowest BCUT2D eigenvalue weighted by Crippen LogP contribution is -2.54. The topological polar surface area (TPSA) is 72.7 Å². The number of nitrogens with zero attached hydrogens (tertiary/aromatic N) is 5. The molecule has 128 valence electrons. The van der Waals surface area contributed by atoms with Gasteiger partial charge in [0.15, 0.2) is 0 Å². The highest BCUT2D eigenvalue weighted by Gasteiger charge is 2.29. The number of urea groups is 1. The minimum absolute atomic E-state index is 0.0814. The molecular formula is C17H23N5O2. The molecule has 0 spiro atoms. The van der Waals surface area contributed by atoms with Crippen LogP contribution in [0.25, 0.3) is 0 Å². The van der Waals surface area contributed by atoms with E-state index in [0.29, 0.717) is 31.9 Å². The van der Waals surface area contributed by atoms with Crippen molar-refractivity contribution in [3.63, 3.8) is 0 Å². The molecule has 1 atom stereocenters. The molecule has 2 amide bonds. The molecule has 2 saturated heterocycles. The number of ether oxygens (including phenoxy) is 1. The Hall–Kier alpha value is -2.33. The summed E-state index contributed by atoms with van der Waals surface area (Å²) < 4.78 is 5.32. The summed E-state index contributed by atoms with van der Waals surface area (Å²) in [6, 6.07) is 6.01. The number of hydrogen-bond acceptors (Lipinski definition) is 5. The molecule has 2 aliphatic rings. The van der Waals surface area contributed by atoms with Crippen molar-refractivity contribution >= 4 is 11.8 Å². The van der Waals surface area contributed by atoms with E-state index in [-0.39, 0.29) is 12.1 Å². The Bertz CT molecular complexity index is 606. The molecule has 0 N–H and O–H groups in total. The second kappa shape index (κ2) is 7.49. The standard InChI is InChI=1S/C17H23N5O2/c1-20(17(23)21-7-9-24-10-8-21)15-3-2-6-22(13-15)16-5-4-14(11-18)12-19-16/h4-5,12,15H,2-3,6-10,13H2,1H3. The van der Waals surface area contributed by atoms with Gasteiger partial charge in [-0.1, -0.05) is 0 Å². The van der Waals surface area contributed by atoms with Gasteiger partial charge in [0.05, 0.1) is 24.8 Å². The molecule has 1 aromatic heterocycles. The van der Waals surface area contributed by atoms with Crippen molar-refractivity contribution in [1.82, 2.24) is 14.8 Å². The fourth-order valence-electron chi connectivity index (χ4n) is 3.25. The van der Waals surface area contributed by atoms with E-state index in [4.69, 9.17) is 10.00 Å². The summed E-state index contributed by atoms with van der Waals surface area (Å²) >= 11 is 0. The van der Waals surface area contributed by atoms with E-state index in [1.54, 1.807) is 12.3 Å². The third-order valence-corrected chi connectivity index (χ3v) is 4.73. The first-order valence-corrected chi connectivity index (χ1v) is 8.39. The first-order chi connectivity index (χ1) is 11.7. The number of likely N-dealkylation sites (N-methyl/N-ethyl adjacent to an activating group) is 1. The van der Waals surface area contributed by atoms with Crippen molar-refractivity contribution < 1.29 is 9.53 Å². The number of piperidine rings is 1. The van der Waals surface area contributed by atoms with Gasteiger partial charge in [0.2, 0.25) is 0 Å². The SMILES string of the molecule is CN(C(=O)N1CCOCC1)C1CCCN(c2ccc(C#N)cn2)C1. The Balaban J connectivity index is 1.63. The molecule has 0 radical (unpaired) electrons. The van der Waals surface area contributed by atoms with Crippen LogP contribution in [-0.2, 0) is 4.74 Å².